The number of phenols is 1. The van der Waals surface area contributed by atoms with E-state index >= 15 is 0 Å². The van der Waals surface area contributed by atoms with Gasteiger partial charge in [-0.1, -0.05) is 29.8 Å². The maximum absolute atomic E-state index is 9.69. The summed E-state index contributed by atoms with van der Waals surface area (Å²) in [7, 11) is 0. The minimum absolute atomic E-state index is 0.272. The number of halogens is 1. The van der Waals surface area contributed by atoms with Crippen LogP contribution in [0.1, 0.15) is 24.8 Å². The number of benzene rings is 1. The third-order valence-electron chi connectivity index (χ3n) is 3.21. The lowest BCUT2D eigenvalue weighted by Crippen LogP contribution is -2.23. The monoisotopic (exact) mass is 251 g/mol. The molecule has 0 saturated heterocycles. The van der Waals surface area contributed by atoms with Crippen LogP contribution in [0.5, 0.6) is 5.75 Å². The fourth-order valence-electron chi connectivity index (χ4n) is 2.17. The second kappa shape index (κ2) is 6.08. The molecule has 0 bridgehead atoms. The molecule has 2 nitrogen and oxygen atoms in total. The van der Waals surface area contributed by atoms with E-state index in [0.717, 1.165) is 18.5 Å². The van der Waals surface area contributed by atoms with Crippen LogP contribution in [-0.4, -0.2) is 11.7 Å². The van der Waals surface area contributed by atoms with Crippen LogP contribution >= 0.6 is 11.6 Å². The van der Waals surface area contributed by atoms with Gasteiger partial charge in [0, 0.05) is 17.1 Å². The van der Waals surface area contributed by atoms with E-state index in [1.54, 1.807) is 12.1 Å². The van der Waals surface area contributed by atoms with E-state index in [0.29, 0.717) is 17.5 Å². The summed E-state index contributed by atoms with van der Waals surface area (Å²) in [6.07, 6.45) is 8.09. The van der Waals surface area contributed by atoms with Crippen molar-refractivity contribution in [1.82, 2.24) is 5.32 Å². The molecule has 2 N–H and O–H groups in total. The Hall–Kier alpha value is -0.990. The third-order valence-corrected chi connectivity index (χ3v) is 3.56. The Balaban J connectivity index is 1.83. The molecule has 2 rings (SSSR count). The summed E-state index contributed by atoms with van der Waals surface area (Å²) in [5.74, 6) is 0.984. The summed E-state index contributed by atoms with van der Waals surface area (Å²) in [5, 5.41) is 13.7. The van der Waals surface area contributed by atoms with Crippen molar-refractivity contribution >= 4 is 11.6 Å². The fourth-order valence-corrected chi connectivity index (χ4v) is 2.40. The minimum Gasteiger partial charge on any atom is -0.508 e. The van der Waals surface area contributed by atoms with Crippen LogP contribution in [-0.2, 0) is 6.54 Å². The van der Waals surface area contributed by atoms with Crippen LogP contribution in [0, 0.1) is 5.92 Å². The first-order chi connectivity index (χ1) is 8.27. The van der Waals surface area contributed by atoms with Crippen molar-refractivity contribution < 1.29 is 5.11 Å². The van der Waals surface area contributed by atoms with E-state index in [9.17, 15) is 5.11 Å². The SMILES string of the molecule is Oc1cccc(Cl)c1CNCC1CC=CCC1. The number of hydrogen-bond donors (Lipinski definition) is 2. The molecule has 0 aliphatic heterocycles. The van der Waals surface area contributed by atoms with Gasteiger partial charge in [0.25, 0.3) is 0 Å². The summed E-state index contributed by atoms with van der Waals surface area (Å²) in [5.41, 5.74) is 0.792. The Morgan fingerprint density at radius 2 is 2.24 bits per heavy atom. The normalized spacial score (nSPS) is 19.5. The third kappa shape index (κ3) is 3.48. The van der Waals surface area contributed by atoms with Crippen molar-refractivity contribution in [2.45, 2.75) is 25.8 Å². The topological polar surface area (TPSA) is 32.3 Å². The Morgan fingerprint density at radius 1 is 1.35 bits per heavy atom. The highest BCUT2D eigenvalue weighted by Gasteiger charge is 2.10. The Kier molecular flexibility index (Phi) is 4.46. The molecule has 1 aromatic carbocycles. The number of hydrogen-bond acceptors (Lipinski definition) is 2. The fraction of sp³-hybridized carbons (Fsp3) is 0.429. The minimum atomic E-state index is 0.272. The maximum atomic E-state index is 9.69. The van der Waals surface area contributed by atoms with E-state index < -0.39 is 0 Å². The lowest BCUT2D eigenvalue weighted by Gasteiger charge is -2.18. The molecule has 1 aliphatic carbocycles. The number of phenolic OH excluding ortho intramolecular Hbond substituents is 1. The molecule has 0 radical (unpaired) electrons. The largest absolute Gasteiger partial charge is 0.508 e. The van der Waals surface area contributed by atoms with Crippen LogP contribution in [0.4, 0.5) is 0 Å². The molecule has 1 unspecified atom stereocenters. The molecule has 1 aliphatic rings. The predicted octanol–water partition coefficient (Wildman–Crippen LogP) is 3.49. The van der Waals surface area contributed by atoms with Crippen LogP contribution in [0.2, 0.25) is 5.02 Å². The van der Waals surface area contributed by atoms with E-state index in [1.165, 1.54) is 12.8 Å². The summed E-state index contributed by atoms with van der Waals surface area (Å²) in [6.45, 7) is 1.61. The van der Waals surface area contributed by atoms with Crippen molar-refractivity contribution in [2.24, 2.45) is 5.92 Å². The van der Waals surface area contributed by atoms with Crippen molar-refractivity contribution in [3.8, 4) is 5.75 Å². The van der Waals surface area contributed by atoms with Gasteiger partial charge in [-0.15, -0.1) is 0 Å². The first kappa shape index (κ1) is 12.5. The van der Waals surface area contributed by atoms with Crippen molar-refractivity contribution in [2.75, 3.05) is 6.54 Å². The van der Waals surface area contributed by atoms with Gasteiger partial charge in [-0.05, 0) is 43.9 Å². The van der Waals surface area contributed by atoms with Gasteiger partial charge in [0.1, 0.15) is 5.75 Å². The highest BCUT2D eigenvalue weighted by Crippen LogP contribution is 2.25. The van der Waals surface area contributed by atoms with Crippen molar-refractivity contribution in [3.63, 3.8) is 0 Å². The zero-order valence-corrected chi connectivity index (χ0v) is 10.6. The lowest BCUT2D eigenvalue weighted by atomic mass is 9.94. The average molecular weight is 252 g/mol. The van der Waals surface area contributed by atoms with Gasteiger partial charge in [0.2, 0.25) is 0 Å². The van der Waals surface area contributed by atoms with Gasteiger partial charge in [0.15, 0.2) is 0 Å². The molecule has 17 heavy (non-hydrogen) atoms. The summed E-state index contributed by atoms with van der Waals surface area (Å²) >= 11 is 6.04. The van der Waals surface area contributed by atoms with Crippen LogP contribution in [0.25, 0.3) is 0 Å². The quantitative estimate of drug-likeness (QED) is 0.803. The number of rotatable bonds is 4. The van der Waals surface area contributed by atoms with Gasteiger partial charge in [-0.3, -0.25) is 0 Å². The van der Waals surface area contributed by atoms with Crippen LogP contribution in [0.15, 0.2) is 30.4 Å². The van der Waals surface area contributed by atoms with E-state index in [2.05, 4.69) is 17.5 Å². The van der Waals surface area contributed by atoms with E-state index in [-0.39, 0.29) is 5.75 Å². The molecule has 92 valence electrons. The number of allylic oxidation sites excluding steroid dienone is 2. The summed E-state index contributed by atoms with van der Waals surface area (Å²) in [4.78, 5) is 0. The zero-order chi connectivity index (χ0) is 12.1. The van der Waals surface area contributed by atoms with Crippen LogP contribution in [0.3, 0.4) is 0 Å². The van der Waals surface area contributed by atoms with Crippen LogP contribution < -0.4 is 5.32 Å². The summed E-state index contributed by atoms with van der Waals surface area (Å²) < 4.78 is 0. The Bertz CT molecular complexity index is 383. The number of aromatic hydroxyl groups is 1. The molecule has 0 heterocycles. The standard InChI is InChI=1S/C14H18ClNO/c15-13-7-4-8-14(17)12(13)10-16-9-11-5-2-1-3-6-11/h1-2,4,7-8,11,16-17H,3,5-6,9-10H2. The Labute approximate surface area is 107 Å². The molecule has 0 fully saturated rings. The smallest absolute Gasteiger partial charge is 0.121 e. The first-order valence-electron chi connectivity index (χ1n) is 6.09. The molecular weight excluding hydrogens is 234 g/mol. The molecule has 3 heteroatoms. The van der Waals surface area contributed by atoms with E-state index in [4.69, 9.17) is 11.6 Å². The van der Waals surface area contributed by atoms with Crippen molar-refractivity contribution in [3.05, 3.63) is 40.9 Å². The van der Waals surface area contributed by atoms with Gasteiger partial charge >= 0.3 is 0 Å². The first-order valence-corrected chi connectivity index (χ1v) is 6.47. The van der Waals surface area contributed by atoms with Gasteiger partial charge in [0.05, 0.1) is 0 Å². The molecule has 0 spiro atoms. The molecule has 1 aromatic rings. The average Bonchev–Trinajstić information content (AvgIpc) is 2.34. The lowest BCUT2D eigenvalue weighted by molar-refractivity contribution is 0.431. The Morgan fingerprint density at radius 3 is 2.94 bits per heavy atom. The maximum Gasteiger partial charge on any atom is 0.121 e. The van der Waals surface area contributed by atoms with Gasteiger partial charge in [-0.2, -0.15) is 0 Å². The van der Waals surface area contributed by atoms with Gasteiger partial charge < -0.3 is 10.4 Å². The molecular formula is C14H18ClNO. The number of nitrogens with one attached hydrogen (secondary N) is 1. The molecule has 1 atom stereocenters. The predicted molar refractivity (Wildman–Crippen MR) is 71.3 cm³/mol. The second-order valence-electron chi connectivity index (χ2n) is 4.52. The van der Waals surface area contributed by atoms with E-state index in [1.807, 2.05) is 6.07 Å². The molecule has 0 saturated carbocycles. The molecule has 0 aromatic heterocycles. The highest BCUT2D eigenvalue weighted by atomic mass is 35.5. The van der Waals surface area contributed by atoms with Gasteiger partial charge in [-0.25, -0.2) is 0 Å². The highest BCUT2D eigenvalue weighted by molar-refractivity contribution is 6.31. The second-order valence-corrected chi connectivity index (χ2v) is 4.93. The summed E-state index contributed by atoms with van der Waals surface area (Å²) in [6, 6.07) is 5.24. The molecule has 0 amide bonds. The zero-order valence-electron chi connectivity index (χ0n) is 9.82. The van der Waals surface area contributed by atoms with Crippen molar-refractivity contribution in [1.29, 1.82) is 0 Å².